The van der Waals surface area contributed by atoms with Crippen molar-refractivity contribution in [3.05, 3.63) is 54.1 Å². The molecule has 1 amide bonds. The van der Waals surface area contributed by atoms with E-state index in [-0.39, 0.29) is 11.2 Å². The predicted octanol–water partition coefficient (Wildman–Crippen LogP) is 4.01. The Balaban J connectivity index is 1.74. The summed E-state index contributed by atoms with van der Waals surface area (Å²) in [4.78, 5) is 22.1. The van der Waals surface area contributed by atoms with Crippen LogP contribution in [-0.4, -0.2) is 28.2 Å². The highest BCUT2D eigenvalue weighted by molar-refractivity contribution is 8.00. The largest absolute Gasteiger partial charge is 0.333 e. The second-order valence-corrected chi connectivity index (χ2v) is 6.88. The van der Waals surface area contributed by atoms with Crippen molar-refractivity contribution < 1.29 is 4.79 Å². The van der Waals surface area contributed by atoms with E-state index in [1.54, 1.807) is 11.9 Å². The molecule has 5 heteroatoms. The Labute approximate surface area is 139 Å². The smallest absolute Gasteiger partial charge is 0.240 e. The summed E-state index contributed by atoms with van der Waals surface area (Å²) in [7, 11) is 1.80. The van der Waals surface area contributed by atoms with Crippen molar-refractivity contribution in [1.82, 2.24) is 9.97 Å². The average molecular weight is 325 g/mol. The van der Waals surface area contributed by atoms with Crippen molar-refractivity contribution in [2.75, 3.05) is 11.9 Å². The second-order valence-electron chi connectivity index (χ2n) is 5.56. The zero-order chi connectivity index (χ0) is 16.4. The van der Waals surface area contributed by atoms with E-state index in [0.717, 1.165) is 21.9 Å². The number of nitrogens with one attached hydrogen (secondary N) is 1. The average Bonchev–Trinajstić information content (AvgIpc) is 2.95. The summed E-state index contributed by atoms with van der Waals surface area (Å²) >= 11 is 1.45. The molecule has 0 bridgehead atoms. The molecule has 0 saturated carbocycles. The normalized spacial score (nSPS) is 12.3. The summed E-state index contributed by atoms with van der Waals surface area (Å²) in [6, 6.07) is 15.8. The van der Waals surface area contributed by atoms with E-state index in [9.17, 15) is 4.79 Å². The zero-order valence-corrected chi connectivity index (χ0v) is 14.2. The number of thioether (sulfide) groups is 1. The number of carbonyl (C=O) groups excluding carboxylic acids is 1. The molecule has 2 aromatic carbocycles. The van der Waals surface area contributed by atoms with Crippen LogP contribution in [0.2, 0.25) is 0 Å². The van der Waals surface area contributed by atoms with Gasteiger partial charge in [0.2, 0.25) is 5.91 Å². The number of imidazole rings is 1. The van der Waals surface area contributed by atoms with Crippen molar-refractivity contribution in [2.45, 2.75) is 24.3 Å². The number of aromatic amines is 1. The molecule has 0 aliphatic carbocycles. The van der Waals surface area contributed by atoms with Gasteiger partial charge in [0.15, 0.2) is 5.16 Å². The first-order valence-electron chi connectivity index (χ1n) is 7.50. The van der Waals surface area contributed by atoms with Crippen LogP contribution >= 0.6 is 11.8 Å². The molecule has 3 rings (SSSR count). The highest BCUT2D eigenvalue weighted by Gasteiger charge is 2.21. The summed E-state index contributed by atoms with van der Waals surface area (Å²) < 4.78 is 0. The molecule has 0 aliphatic rings. The molecule has 1 heterocycles. The molecule has 1 aromatic heterocycles. The number of nitrogens with zero attached hydrogens (tertiary/aromatic N) is 2. The van der Waals surface area contributed by atoms with Gasteiger partial charge in [-0.2, -0.15) is 0 Å². The number of rotatable bonds is 4. The minimum Gasteiger partial charge on any atom is -0.333 e. The third kappa shape index (κ3) is 3.40. The van der Waals surface area contributed by atoms with Gasteiger partial charge in [-0.3, -0.25) is 4.79 Å². The molecule has 0 aliphatic heterocycles. The van der Waals surface area contributed by atoms with Crippen molar-refractivity contribution in [1.29, 1.82) is 0 Å². The van der Waals surface area contributed by atoms with Crippen LogP contribution in [0.1, 0.15) is 12.5 Å². The Morgan fingerprint density at radius 3 is 2.70 bits per heavy atom. The van der Waals surface area contributed by atoms with E-state index in [1.165, 1.54) is 17.3 Å². The maximum Gasteiger partial charge on any atom is 0.240 e. The first kappa shape index (κ1) is 15.6. The van der Waals surface area contributed by atoms with Crippen molar-refractivity contribution in [2.24, 2.45) is 0 Å². The van der Waals surface area contributed by atoms with Gasteiger partial charge in [0.05, 0.1) is 16.3 Å². The third-order valence-electron chi connectivity index (χ3n) is 3.73. The van der Waals surface area contributed by atoms with Crippen LogP contribution < -0.4 is 4.90 Å². The molecule has 0 fully saturated rings. The van der Waals surface area contributed by atoms with E-state index < -0.39 is 0 Å². The number of anilines is 1. The Hall–Kier alpha value is -2.27. The maximum atomic E-state index is 12.6. The summed E-state index contributed by atoms with van der Waals surface area (Å²) in [5, 5.41) is 0.551. The first-order valence-corrected chi connectivity index (χ1v) is 8.38. The lowest BCUT2D eigenvalue weighted by molar-refractivity contribution is -0.117. The van der Waals surface area contributed by atoms with Gasteiger partial charge in [0.1, 0.15) is 0 Å². The zero-order valence-electron chi connectivity index (χ0n) is 13.4. The lowest BCUT2D eigenvalue weighted by Gasteiger charge is -2.20. The maximum absolute atomic E-state index is 12.6. The number of aromatic nitrogens is 2. The van der Waals surface area contributed by atoms with E-state index in [2.05, 4.69) is 16.0 Å². The highest BCUT2D eigenvalue weighted by atomic mass is 32.2. The van der Waals surface area contributed by atoms with Crippen LogP contribution in [-0.2, 0) is 4.79 Å². The lowest BCUT2D eigenvalue weighted by atomic mass is 10.2. The fraction of sp³-hybridized carbons (Fsp3) is 0.222. The van der Waals surface area contributed by atoms with Crippen LogP contribution in [0.15, 0.2) is 53.7 Å². The molecule has 1 unspecified atom stereocenters. The van der Waals surface area contributed by atoms with Gasteiger partial charge < -0.3 is 9.88 Å². The third-order valence-corrected chi connectivity index (χ3v) is 4.70. The van der Waals surface area contributed by atoms with Crippen molar-refractivity contribution in [3.63, 3.8) is 0 Å². The molecule has 118 valence electrons. The molecule has 4 nitrogen and oxygen atoms in total. The Morgan fingerprint density at radius 2 is 1.96 bits per heavy atom. The summed E-state index contributed by atoms with van der Waals surface area (Å²) in [6.45, 7) is 3.96. The number of aryl methyl sites for hydroxylation is 1. The fourth-order valence-corrected chi connectivity index (χ4v) is 3.34. The predicted molar refractivity (Wildman–Crippen MR) is 96.0 cm³/mol. The first-order chi connectivity index (χ1) is 11.0. The molecule has 0 radical (unpaired) electrons. The van der Waals surface area contributed by atoms with Gasteiger partial charge in [0.25, 0.3) is 0 Å². The molecule has 23 heavy (non-hydrogen) atoms. The van der Waals surface area contributed by atoms with Gasteiger partial charge in [-0.1, -0.05) is 36.0 Å². The number of H-pyrrole nitrogens is 1. The van der Waals surface area contributed by atoms with Gasteiger partial charge in [-0.05, 0) is 43.7 Å². The van der Waals surface area contributed by atoms with Crippen LogP contribution in [0.4, 0.5) is 5.69 Å². The lowest BCUT2D eigenvalue weighted by Crippen LogP contribution is -2.33. The Kier molecular flexibility index (Phi) is 4.39. The van der Waals surface area contributed by atoms with E-state index >= 15 is 0 Å². The molecule has 0 spiro atoms. The molecular formula is C18H19N3OS. The second kappa shape index (κ2) is 6.46. The number of carbonyl (C=O) groups is 1. The van der Waals surface area contributed by atoms with Crippen LogP contribution in [0.25, 0.3) is 11.0 Å². The number of benzene rings is 2. The number of fused-ring (bicyclic) bond motifs is 1. The summed E-state index contributed by atoms with van der Waals surface area (Å²) in [5.41, 5.74) is 4.01. The topological polar surface area (TPSA) is 49.0 Å². The monoisotopic (exact) mass is 325 g/mol. The SMILES string of the molecule is Cc1ccc2nc(SC(C)C(=O)N(C)c3ccccc3)[nH]c2c1. The van der Waals surface area contributed by atoms with E-state index in [0.29, 0.717) is 0 Å². The number of para-hydroxylation sites is 1. The standard InChI is InChI=1S/C18H19N3OS/c1-12-9-10-15-16(11-12)20-18(19-15)23-13(2)17(22)21(3)14-7-5-4-6-8-14/h4-11,13H,1-3H3,(H,19,20). The summed E-state index contributed by atoms with van der Waals surface area (Å²) in [5.74, 6) is 0.0536. The van der Waals surface area contributed by atoms with Crippen molar-refractivity contribution >= 4 is 34.4 Å². The minimum atomic E-state index is -0.220. The van der Waals surface area contributed by atoms with E-state index in [1.807, 2.05) is 56.3 Å². The van der Waals surface area contributed by atoms with Crippen LogP contribution in [0, 0.1) is 6.92 Å². The van der Waals surface area contributed by atoms with Gasteiger partial charge in [-0.15, -0.1) is 0 Å². The molecular weight excluding hydrogens is 306 g/mol. The Morgan fingerprint density at radius 1 is 1.22 bits per heavy atom. The minimum absolute atomic E-state index is 0.0536. The van der Waals surface area contributed by atoms with E-state index in [4.69, 9.17) is 0 Å². The molecule has 1 atom stereocenters. The number of hydrogen-bond donors (Lipinski definition) is 1. The van der Waals surface area contributed by atoms with Gasteiger partial charge >= 0.3 is 0 Å². The fourth-order valence-electron chi connectivity index (χ4n) is 2.43. The summed E-state index contributed by atoms with van der Waals surface area (Å²) in [6.07, 6.45) is 0. The van der Waals surface area contributed by atoms with Crippen LogP contribution in [0.5, 0.6) is 0 Å². The molecule has 0 saturated heterocycles. The quantitative estimate of drug-likeness (QED) is 0.737. The molecule has 3 aromatic rings. The van der Waals surface area contributed by atoms with Gasteiger partial charge in [0, 0.05) is 12.7 Å². The Bertz CT molecular complexity index is 829. The van der Waals surface area contributed by atoms with Gasteiger partial charge in [-0.25, -0.2) is 4.98 Å². The number of amides is 1. The number of hydrogen-bond acceptors (Lipinski definition) is 3. The van der Waals surface area contributed by atoms with Crippen LogP contribution in [0.3, 0.4) is 0 Å². The highest BCUT2D eigenvalue weighted by Crippen LogP contribution is 2.26. The molecule has 1 N–H and O–H groups in total. The van der Waals surface area contributed by atoms with Crippen molar-refractivity contribution in [3.8, 4) is 0 Å².